The van der Waals surface area contributed by atoms with Gasteiger partial charge in [0, 0.05) is 11.4 Å². The number of nitrogens with two attached hydrogens (primary N) is 1. The molecule has 19 heavy (non-hydrogen) atoms. The number of rotatable bonds is 2. The first-order valence-electron chi connectivity index (χ1n) is 5.60. The molecule has 0 saturated carbocycles. The van der Waals surface area contributed by atoms with E-state index in [1.165, 1.54) is 0 Å². The second-order valence-electron chi connectivity index (χ2n) is 3.69. The maximum Gasteiger partial charge on any atom is 0.411 e. The topological polar surface area (TPSA) is 55.6 Å². The quantitative estimate of drug-likeness (QED) is 0.853. The van der Waals surface area contributed by atoms with Crippen molar-refractivity contribution in [3.8, 4) is 0 Å². The van der Waals surface area contributed by atoms with Gasteiger partial charge in [-0.05, 0) is 36.5 Å². The number of amides is 1. The molecule has 1 amide bonds. The first kappa shape index (κ1) is 13.0. The lowest BCUT2D eigenvalue weighted by Crippen LogP contribution is -2.30. The van der Waals surface area contributed by atoms with Crippen LogP contribution in [0, 0.1) is 0 Å². The zero-order valence-electron chi connectivity index (χ0n) is 10.0. The summed E-state index contributed by atoms with van der Waals surface area (Å²) in [5.74, 6) is 0. The predicted molar refractivity (Wildman–Crippen MR) is 78.3 cm³/mol. The number of anilines is 2. The smallest absolute Gasteiger partial charge is 0.382 e. The number of thiocarbonyl (C=S) groups is 1. The average molecular weight is 272 g/mol. The molecule has 96 valence electrons. The molecule has 0 radical (unpaired) electrons. The molecule has 0 aromatic heterocycles. The van der Waals surface area contributed by atoms with Crippen molar-refractivity contribution in [1.29, 1.82) is 0 Å². The van der Waals surface area contributed by atoms with Gasteiger partial charge in [-0.1, -0.05) is 36.4 Å². The van der Waals surface area contributed by atoms with E-state index in [1.807, 2.05) is 60.7 Å². The van der Waals surface area contributed by atoms with Crippen LogP contribution in [0.3, 0.4) is 0 Å². The molecular weight excluding hydrogens is 260 g/mol. The molecule has 0 spiro atoms. The maximum atomic E-state index is 10.9. The summed E-state index contributed by atoms with van der Waals surface area (Å²) < 4.78 is 4.82. The fourth-order valence-corrected chi connectivity index (χ4v) is 1.94. The fraction of sp³-hybridized carbons (Fsp3) is 0. The van der Waals surface area contributed by atoms with Gasteiger partial charge in [0.1, 0.15) is 0 Å². The van der Waals surface area contributed by atoms with Crippen molar-refractivity contribution in [2.75, 3.05) is 4.90 Å². The summed E-state index contributed by atoms with van der Waals surface area (Å²) in [6, 6.07) is 18.7. The number of benzene rings is 2. The fourth-order valence-electron chi connectivity index (χ4n) is 1.65. The maximum absolute atomic E-state index is 10.9. The van der Waals surface area contributed by atoms with Crippen molar-refractivity contribution in [1.82, 2.24) is 0 Å². The Labute approximate surface area is 116 Å². The summed E-state index contributed by atoms with van der Waals surface area (Å²) in [5.41, 5.74) is 6.60. The SMILES string of the molecule is NC(=O)OC(=S)N(c1ccccc1)c1ccccc1. The summed E-state index contributed by atoms with van der Waals surface area (Å²) >= 11 is 5.12. The van der Waals surface area contributed by atoms with Gasteiger partial charge in [-0.3, -0.25) is 4.90 Å². The Kier molecular flexibility index (Phi) is 4.10. The van der Waals surface area contributed by atoms with Gasteiger partial charge in [0.05, 0.1) is 0 Å². The van der Waals surface area contributed by atoms with Gasteiger partial charge in [0.15, 0.2) is 0 Å². The van der Waals surface area contributed by atoms with Crippen LogP contribution in [-0.2, 0) is 4.74 Å². The summed E-state index contributed by atoms with van der Waals surface area (Å²) in [6.45, 7) is 0. The minimum Gasteiger partial charge on any atom is -0.382 e. The van der Waals surface area contributed by atoms with Crippen molar-refractivity contribution in [2.45, 2.75) is 0 Å². The third-order valence-electron chi connectivity index (χ3n) is 2.40. The van der Waals surface area contributed by atoms with Crippen LogP contribution in [0.5, 0.6) is 0 Å². The Morgan fingerprint density at radius 2 is 1.37 bits per heavy atom. The van der Waals surface area contributed by atoms with E-state index in [-0.39, 0.29) is 5.17 Å². The summed E-state index contributed by atoms with van der Waals surface area (Å²) in [7, 11) is 0. The van der Waals surface area contributed by atoms with E-state index in [4.69, 9.17) is 22.7 Å². The molecule has 0 bridgehead atoms. The molecule has 0 aliphatic carbocycles. The van der Waals surface area contributed by atoms with E-state index in [1.54, 1.807) is 4.90 Å². The highest BCUT2D eigenvalue weighted by Gasteiger charge is 2.17. The second-order valence-corrected chi connectivity index (χ2v) is 4.04. The zero-order valence-corrected chi connectivity index (χ0v) is 10.8. The lowest BCUT2D eigenvalue weighted by atomic mass is 10.2. The van der Waals surface area contributed by atoms with E-state index in [9.17, 15) is 4.79 Å². The minimum absolute atomic E-state index is 0.00935. The molecule has 0 unspecified atom stereocenters. The van der Waals surface area contributed by atoms with Gasteiger partial charge in [-0.2, -0.15) is 0 Å². The normalized spacial score (nSPS) is 9.68. The van der Waals surface area contributed by atoms with Gasteiger partial charge >= 0.3 is 6.09 Å². The van der Waals surface area contributed by atoms with Crippen LogP contribution in [0.15, 0.2) is 60.7 Å². The monoisotopic (exact) mass is 272 g/mol. The Hall–Kier alpha value is -2.40. The van der Waals surface area contributed by atoms with E-state index < -0.39 is 6.09 Å². The van der Waals surface area contributed by atoms with Gasteiger partial charge in [-0.15, -0.1) is 0 Å². The lowest BCUT2D eigenvalue weighted by molar-refractivity contribution is 0.208. The van der Waals surface area contributed by atoms with E-state index in [0.717, 1.165) is 11.4 Å². The van der Waals surface area contributed by atoms with Gasteiger partial charge in [-0.25, -0.2) is 4.79 Å². The lowest BCUT2D eigenvalue weighted by Gasteiger charge is -2.23. The van der Waals surface area contributed by atoms with Crippen molar-refractivity contribution in [2.24, 2.45) is 5.73 Å². The molecule has 2 aromatic carbocycles. The first-order chi connectivity index (χ1) is 9.18. The van der Waals surface area contributed by atoms with Gasteiger partial charge in [0.25, 0.3) is 5.17 Å². The standard InChI is InChI=1S/C14H12N2O2S/c15-13(17)18-14(19)16(11-7-3-1-4-8-11)12-9-5-2-6-10-12/h1-10H,(H2,15,17). The molecule has 5 heteroatoms. The number of hydrogen-bond donors (Lipinski definition) is 1. The molecule has 0 fully saturated rings. The van der Waals surface area contributed by atoms with E-state index >= 15 is 0 Å². The van der Waals surface area contributed by atoms with Crippen LogP contribution in [0.4, 0.5) is 16.2 Å². The highest BCUT2D eigenvalue weighted by atomic mass is 32.1. The highest BCUT2D eigenvalue weighted by Crippen LogP contribution is 2.25. The highest BCUT2D eigenvalue weighted by molar-refractivity contribution is 7.80. The number of nitrogens with zero attached hydrogens (tertiary/aromatic N) is 1. The van der Waals surface area contributed by atoms with Gasteiger partial charge < -0.3 is 10.5 Å². The van der Waals surface area contributed by atoms with Crippen LogP contribution in [0.1, 0.15) is 0 Å². The van der Waals surface area contributed by atoms with Crippen LogP contribution in [-0.4, -0.2) is 11.3 Å². The van der Waals surface area contributed by atoms with Crippen molar-refractivity contribution in [3.05, 3.63) is 60.7 Å². The van der Waals surface area contributed by atoms with Crippen LogP contribution in [0.25, 0.3) is 0 Å². The molecule has 2 rings (SSSR count). The summed E-state index contributed by atoms with van der Waals surface area (Å²) in [4.78, 5) is 12.5. The number of hydrogen-bond acceptors (Lipinski definition) is 3. The number of para-hydroxylation sites is 2. The van der Waals surface area contributed by atoms with Crippen LogP contribution >= 0.6 is 12.2 Å². The second kappa shape index (κ2) is 5.97. The number of carbonyl (C=O) groups is 1. The average Bonchev–Trinajstić information content (AvgIpc) is 2.40. The molecule has 0 saturated heterocycles. The molecular formula is C14H12N2O2S. The predicted octanol–water partition coefficient (Wildman–Crippen LogP) is 3.20. The van der Waals surface area contributed by atoms with E-state index in [0.29, 0.717) is 0 Å². The number of ether oxygens (including phenoxy) is 1. The third kappa shape index (κ3) is 3.29. The Balaban J connectivity index is 2.40. The summed E-state index contributed by atoms with van der Waals surface area (Å²) in [6.07, 6.45) is -0.929. The largest absolute Gasteiger partial charge is 0.411 e. The Morgan fingerprint density at radius 1 is 0.947 bits per heavy atom. The Bertz CT molecular complexity index is 533. The third-order valence-corrected chi connectivity index (χ3v) is 2.67. The first-order valence-corrected chi connectivity index (χ1v) is 6.01. The molecule has 0 heterocycles. The molecule has 0 aliphatic heterocycles. The van der Waals surface area contributed by atoms with Gasteiger partial charge in [0.2, 0.25) is 0 Å². The molecule has 4 nitrogen and oxygen atoms in total. The van der Waals surface area contributed by atoms with Crippen molar-refractivity contribution in [3.63, 3.8) is 0 Å². The van der Waals surface area contributed by atoms with E-state index in [2.05, 4.69) is 0 Å². The van der Waals surface area contributed by atoms with Crippen LogP contribution < -0.4 is 10.6 Å². The molecule has 0 atom stereocenters. The number of primary amides is 1. The van der Waals surface area contributed by atoms with Crippen molar-refractivity contribution >= 4 is 34.9 Å². The minimum atomic E-state index is -0.929. The van der Waals surface area contributed by atoms with Crippen molar-refractivity contribution < 1.29 is 9.53 Å². The zero-order chi connectivity index (χ0) is 13.7. The molecule has 0 aliphatic rings. The Morgan fingerprint density at radius 3 is 1.74 bits per heavy atom. The van der Waals surface area contributed by atoms with Crippen LogP contribution in [0.2, 0.25) is 0 Å². The molecule has 2 aromatic rings. The summed E-state index contributed by atoms with van der Waals surface area (Å²) in [5, 5.41) is -0.00935. The number of carbonyl (C=O) groups excluding carboxylic acids is 1. The molecule has 2 N–H and O–H groups in total.